The summed E-state index contributed by atoms with van der Waals surface area (Å²) in [6.07, 6.45) is 2.79. The highest BCUT2D eigenvalue weighted by Gasteiger charge is 2.26. The van der Waals surface area contributed by atoms with Crippen LogP contribution in [-0.2, 0) is 11.3 Å². The number of piperidine rings is 1. The number of benzene rings is 2. The van der Waals surface area contributed by atoms with Crippen molar-refractivity contribution in [2.24, 2.45) is 5.92 Å². The van der Waals surface area contributed by atoms with Gasteiger partial charge in [0.05, 0.1) is 6.04 Å². The molecule has 2 aromatic carbocycles. The predicted molar refractivity (Wildman–Crippen MR) is 119 cm³/mol. The molecular formula is C24H31BrN2O. The van der Waals surface area contributed by atoms with Crippen LogP contribution in [0.2, 0.25) is 0 Å². The van der Waals surface area contributed by atoms with Crippen LogP contribution >= 0.6 is 15.9 Å². The maximum Gasteiger partial charge on any atom is 0.223 e. The number of carbonyl (C=O) groups excluding carboxylic acids is 1. The molecule has 1 aliphatic heterocycles. The summed E-state index contributed by atoms with van der Waals surface area (Å²) in [5.41, 5.74) is 5.12. The summed E-state index contributed by atoms with van der Waals surface area (Å²) in [5.74, 6) is 0.343. The smallest absolute Gasteiger partial charge is 0.223 e. The van der Waals surface area contributed by atoms with Crippen molar-refractivity contribution in [3.8, 4) is 0 Å². The van der Waals surface area contributed by atoms with Gasteiger partial charge in [0.1, 0.15) is 0 Å². The molecule has 0 bridgehead atoms. The molecule has 1 heterocycles. The van der Waals surface area contributed by atoms with Gasteiger partial charge < -0.3 is 5.32 Å². The second-order valence-electron chi connectivity index (χ2n) is 7.99. The molecular weight excluding hydrogens is 412 g/mol. The number of amides is 1. The lowest BCUT2D eigenvalue weighted by molar-refractivity contribution is -0.127. The molecule has 0 aliphatic carbocycles. The Morgan fingerprint density at radius 2 is 1.79 bits per heavy atom. The van der Waals surface area contributed by atoms with Gasteiger partial charge in [-0.1, -0.05) is 53.2 Å². The van der Waals surface area contributed by atoms with Crippen LogP contribution in [-0.4, -0.2) is 23.9 Å². The van der Waals surface area contributed by atoms with E-state index in [9.17, 15) is 4.79 Å². The van der Waals surface area contributed by atoms with E-state index in [2.05, 4.69) is 89.4 Å². The first-order valence-electron chi connectivity index (χ1n) is 10.3. The second-order valence-corrected chi connectivity index (χ2v) is 8.91. The first kappa shape index (κ1) is 21.1. The quantitative estimate of drug-likeness (QED) is 0.635. The largest absolute Gasteiger partial charge is 0.349 e. The maximum atomic E-state index is 12.9. The summed E-state index contributed by atoms with van der Waals surface area (Å²) < 4.78 is 1.11. The third-order valence-corrected chi connectivity index (χ3v) is 6.46. The van der Waals surface area contributed by atoms with Gasteiger partial charge in [0.25, 0.3) is 0 Å². The number of hydrogen-bond acceptors (Lipinski definition) is 2. The van der Waals surface area contributed by atoms with Crippen LogP contribution in [0.15, 0.2) is 46.9 Å². The number of carbonyl (C=O) groups is 1. The van der Waals surface area contributed by atoms with Crippen LogP contribution in [0, 0.1) is 19.8 Å². The van der Waals surface area contributed by atoms with Gasteiger partial charge in [-0.15, -0.1) is 0 Å². The fraction of sp³-hybridized carbons (Fsp3) is 0.458. The van der Waals surface area contributed by atoms with Crippen molar-refractivity contribution < 1.29 is 4.79 Å². The monoisotopic (exact) mass is 442 g/mol. The van der Waals surface area contributed by atoms with Gasteiger partial charge in [-0.25, -0.2) is 0 Å². The molecule has 2 aromatic rings. The van der Waals surface area contributed by atoms with Gasteiger partial charge in [0, 0.05) is 16.9 Å². The van der Waals surface area contributed by atoms with Gasteiger partial charge in [-0.3, -0.25) is 9.69 Å². The molecule has 1 N–H and O–H groups in total. The van der Waals surface area contributed by atoms with Crippen LogP contribution in [0.1, 0.15) is 54.5 Å². The first-order valence-corrected chi connectivity index (χ1v) is 11.1. The average Bonchev–Trinajstić information content (AvgIpc) is 2.70. The van der Waals surface area contributed by atoms with Crippen molar-refractivity contribution in [1.82, 2.24) is 10.2 Å². The van der Waals surface area contributed by atoms with Crippen molar-refractivity contribution in [3.05, 3.63) is 69.2 Å². The minimum absolute atomic E-state index is 0.104. The number of likely N-dealkylation sites (tertiary alicyclic amines) is 1. The van der Waals surface area contributed by atoms with Crippen molar-refractivity contribution in [1.29, 1.82) is 0 Å². The summed E-state index contributed by atoms with van der Waals surface area (Å²) in [7, 11) is 0. The highest BCUT2D eigenvalue weighted by atomic mass is 79.9. The van der Waals surface area contributed by atoms with E-state index in [0.717, 1.165) is 43.4 Å². The van der Waals surface area contributed by atoms with Crippen LogP contribution < -0.4 is 5.32 Å². The van der Waals surface area contributed by atoms with E-state index in [1.807, 2.05) is 0 Å². The van der Waals surface area contributed by atoms with Crippen LogP contribution in [0.4, 0.5) is 0 Å². The Bertz CT molecular complexity index is 795. The Morgan fingerprint density at radius 1 is 1.11 bits per heavy atom. The fourth-order valence-corrected chi connectivity index (χ4v) is 4.16. The fourth-order valence-electron chi connectivity index (χ4n) is 3.89. The topological polar surface area (TPSA) is 32.3 Å². The zero-order chi connectivity index (χ0) is 20.1. The van der Waals surface area contributed by atoms with E-state index in [-0.39, 0.29) is 17.9 Å². The summed E-state index contributed by atoms with van der Waals surface area (Å²) >= 11 is 3.49. The molecule has 1 fully saturated rings. The van der Waals surface area contributed by atoms with Gasteiger partial charge in [0.2, 0.25) is 5.91 Å². The number of nitrogens with zero attached hydrogens (tertiary/aromatic N) is 1. The molecule has 1 atom stereocenters. The Balaban J connectivity index is 1.52. The lowest BCUT2D eigenvalue weighted by atomic mass is 9.94. The Hall–Kier alpha value is -1.65. The average molecular weight is 443 g/mol. The molecule has 0 aromatic heterocycles. The minimum atomic E-state index is 0.104. The van der Waals surface area contributed by atoms with E-state index in [1.54, 1.807) is 0 Å². The molecule has 28 heavy (non-hydrogen) atoms. The van der Waals surface area contributed by atoms with Crippen LogP contribution in [0.25, 0.3) is 0 Å². The molecule has 1 saturated heterocycles. The number of hydrogen-bond donors (Lipinski definition) is 1. The highest BCUT2D eigenvalue weighted by molar-refractivity contribution is 9.10. The summed E-state index contributed by atoms with van der Waals surface area (Å²) in [5, 5.41) is 3.31. The first-order chi connectivity index (χ1) is 13.5. The number of rotatable bonds is 6. The highest BCUT2D eigenvalue weighted by Crippen LogP contribution is 2.24. The minimum Gasteiger partial charge on any atom is -0.349 e. The number of aryl methyl sites for hydroxylation is 2. The van der Waals surface area contributed by atoms with E-state index >= 15 is 0 Å². The van der Waals surface area contributed by atoms with Crippen LogP contribution in [0.3, 0.4) is 0 Å². The van der Waals surface area contributed by atoms with Gasteiger partial charge in [0.15, 0.2) is 0 Å². The zero-order valence-corrected chi connectivity index (χ0v) is 18.8. The predicted octanol–water partition coefficient (Wildman–Crippen LogP) is 5.55. The lowest BCUT2D eigenvalue weighted by Gasteiger charge is -2.32. The van der Waals surface area contributed by atoms with Crippen molar-refractivity contribution in [2.75, 3.05) is 13.1 Å². The Morgan fingerprint density at radius 3 is 2.39 bits per heavy atom. The van der Waals surface area contributed by atoms with Crippen molar-refractivity contribution >= 4 is 21.8 Å². The third kappa shape index (κ3) is 5.45. The Kier molecular flexibility index (Phi) is 7.30. The zero-order valence-electron chi connectivity index (χ0n) is 17.2. The second kappa shape index (κ2) is 9.71. The van der Waals surface area contributed by atoms with E-state index < -0.39 is 0 Å². The Labute approximate surface area is 177 Å². The molecule has 1 amide bonds. The molecule has 0 spiro atoms. The van der Waals surface area contributed by atoms with Crippen LogP contribution in [0.5, 0.6) is 0 Å². The standard InChI is InChI=1S/C24H31BrN2O/c1-4-23(21-8-5-17(2)18(3)15-21)26-24(28)20-11-13-27(14-12-20)16-19-6-9-22(25)10-7-19/h5-10,15,20,23H,4,11-14,16H2,1-3H3,(H,26,28). The summed E-state index contributed by atoms with van der Waals surface area (Å²) in [6.45, 7) is 9.32. The third-order valence-electron chi connectivity index (χ3n) is 5.94. The molecule has 3 nitrogen and oxygen atoms in total. The maximum absolute atomic E-state index is 12.9. The normalized spacial score (nSPS) is 16.7. The van der Waals surface area contributed by atoms with E-state index in [1.165, 1.54) is 22.3 Å². The van der Waals surface area contributed by atoms with Gasteiger partial charge >= 0.3 is 0 Å². The van der Waals surface area contributed by atoms with Crippen molar-refractivity contribution in [3.63, 3.8) is 0 Å². The lowest BCUT2D eigenvalue weighted by Crippen LogP contribution is -2.41. The SMILES string of the molecule is CCC(NC(=O)C1CCN(Cc2ccc(Br)cc2)CC1)c1ccc(C)c(C)c1. The van der Waals surface area contributed by atoms with E-state index in [4.69, 9.17) is 0 Å². The molecule has 0 saturated carbocycles. The number of halogens is 1. The molecule has 1 aliphatic rings. The molecule has 4 heteroatoms. The summed E-state index contributed by atoms with van der Waals surface area (Å²) in [4.78, 5) is 15.3. The summed E-state index contributed by atoms with van der Waals surface area (Å²) in [6, 6.07) is 15.1. The molecule has 0 radical (unpaired) electrons. The van der Waals surface area contributed by atoms with E-state index in [0.29, 0.717) is 0 Å². The molecule has 3 rings (SSSR count). The molecule has 1 unspecified atom stereocenters. The molecule has 150 valence electrons. The number of nitrogens with one attached hydrogen (secondary N) is 1. The van der Waals surface area contributed by atoms with Gasteiger partial charge in [-0.2, -0.15) is 0 Å². The van der Waals surface area contributed by atoms with Gasteiger partial charge in [-0.05, 0) is 80.6 Å². The van der Waals surface area contributed by atoms with Crippen molar-refractivity contribution in [2.45, 2.75) is 52.6 Å².